The molecule has 5 nitrogen and oxygen atoms in total. The number of nitrogens with two attached hydrogens (primary N) is 1. The van der Waals surface area contributed by atoms with Crippen LogP contribution in [0.2, 0.25) is 0 Å². The molecule has 1 saturated carbocycles. The van der Waals surface area contributed by atoms with Crippen LogP contribution in [0.4, 0.5) is 5.69 Å². The minimum atomic E-state index is -0.260. The van der Waals surface area contributed by atoms with Gasteiger partial charge < -0.3 is 16.4 Å². The summed E-state index contributed by atoms with van der Waals surface area (Å²) in [6.45, 7) is 6.73. The van der Waals surface area contributed by atoms with Gasteiger partial charge in [-0.1, -0.05) is 45.0 Å². The summed E-state index contributed by atoms with van der Waals surface area (Å²) >= 11 is 0. The fourth-order valence-corrected chi connectivity index (χ4v) is 3.18. The molecule has 2 aromatic rings. The first-order chi connectivity index (χ1) is 13.3. The summed E-state index contributed by atoms with van der Waals surface area (Å²) in [5.74, 6) is 0.947. The summed E-state index contributed by atoms with van der Waals surface area (Å²) in [4.78, 5) is 24.3. The molecule has 4 N–H and O–H groups in total. The molecule has 0 aliphatic heterocycles. The monoisotopic (exact) mass is 415 g/mol. The largest absolute Gasteiger partial charge is 0.350 e. The van der Waals surface area contributed by atoms with Crippen molar-refractivity contribution in [3.8, 4) is 0 Å². The highest BCUT2D eigenvalue weighted by Gasteiger charge is 2.39. The molecule has 1 fully saturated rings. The van der Waals surface area contributed by atoms with E-state index in [1.165, 1.54) is 5.56 Å². The minimum absolute atomic E-state index is 0. The van der Waals surface area contributed by atoms with E-state index in [9.17, 15) is 9.59 Å². The number of nitrogens with one attached hydrogen (secondary N) is 2. The predicted octanol–water partition coefficient (Wildman–Crippen LogP) is 4.26. The number of carbonyl (C=O) groups is 2. The average Bonchev–Trinajstić information content (AvgIpc) is 3.43. The van der Waals surface area contributed by atoms with Crippen molar-refractivity contribution in [1.82, 2.24) is 5.32 Å². The molecule has 3 atom stereocenters. The lowest BCUT2D eigenvalue weighted by Crippen LogP contribution is -2.31. The molecule has 3 rings (SSSR count). The molecule has 29 heavy (non-hydrogen) atoms. The molecule has 2 amide bonds. The smallest absolute Gasteiger partial charge is 0.251 e. The molecule has 0 spiro atoms. The Labute approximate surface area is 178 Å². The molecule has 156 valence electrons. The summed E-state index contributed by atoms with van der Waals surface area (Å²) in [6.07, 6.45) is 0.951. The van der Waals surface area contributed by atoms with Crippen molar-refractivity contribution in [1.29, 1.82) is 0 Å². The van der Waals surface area contributed by atoms with Crippen molar-refractivity contribution in [3.63, 3.8) is 0 Å². The van der Waals surface area contributed by atoms with Gasteiger partial charge in [0.2, 0.25) is 5.91 Å². The van der Waals surface area contributed by atoms with Crippen molar-refractivity contribution in [2.24, 2.45) is 17.6 Å². The van der Waals surface area contributed by atoms with Gasteiger partial charge >= 0.3 is 0 Å². The van der Waals surface area contributed by atoms with Gasteiger partial charge in [0.1, 0.15) is 0 Å². The topological polar surface area (TPSA) is 84.2 Å². The van der Waals surface area contributed by atoms with Gasteiger partial charge in [0, 0.05) is 29.8 Å². The highest BCUT2D eigenvalue weighted by molar-refractivity contribution is 5.97. The molecule has 0 heterocycles. The van der Waals surface area contributed by atoms with Gasteiger partial charge in [-0.3, -0.25) is 9.59 Å². The van der Waals surface area contributed by atoms with Crippen LogP contribution < -0.4 is 16.4 Å². The third-order valence-corrected chi connectivity index (χ3v) is 5.37. The number of anilines is 1. The molecule has 3 unspecified atom stereocenters. The van der Waals surface area contributed by atoms with Crippen molar-refractivity contribution in [2.45, 2.75) is 39.2 Å². The summed E-state index contributed by atoms with van der Waals surface area (Å²) in [5, 5.41) is 5.77. The van der Waals surface area contributed by atoms with E-state index >= 15 is 0 Å². The van der Waals surface area contributed by atoms with Crippen LogP contribution in [0, 0.1) is 11.8 Å². The van der Waals surface area contributed by atoms with Crippen molar-refractivity contribution < 1.29 is 9.59 Å². The Bertz CT molecular complexity index is 834. The Kier molecular flexibility index (Phi) is 7.82. The molecule has 0 bridgehead atoms. The molecular formula is C23H30ClN3O2. The number of amides is 2. The lowest BCUT2D eigenvalue weighted by atomic mass is 9.99. The van der Waals surface area contributed by atoms with E-state index in [-0.39, 0.29) is 36.2 Å². The Morgan fingerprint density at radius 3 is 2.10 bits per heavy atom. The molecule has 2 aromatic carbocycles. The first-order valence-corrected chi connectivity index (χ1v) is 9.89. The number of hydrogen-bond donors (Lipinski definition) is 3. The second kappa shape index (κ2) is 9.90. The zero-order chi connectivity index (χ0) is 20.3. The fraction of sp³-hybridized carbons (Fsp3) is 0.391. The average molecular weight is 416 g/mol. The number of carbonyl (C=O) groups excluding carboxylic acids is 2. The number of halogens is 1. The van der Waals surface area contributed by atoms with E-state index < -0.39 is 0 Å². The fourth-order valence-electron chi connectivity index (χ4n) is 3.18. The normalized spacial score (nSPS) is 18.5. The highest BCUT2D eigenvalue weighted by Crippen LogP contribution is 2.38. The van der Waals surface area contributed by atoms with Crippen LogP contribution in [-0.4, -0.2) is 18.4 Å². The van der Waals surface area contributed by atoms with Crippen LogP contribution in [0.25, 0.3) is 0 Å². The second-order valence-electron chi connectivity index (χ2n) is 8.02. The Morgan fingerprint density at radius 1 is 1.03 bits per heavy atom. The first-order valence-electron chi connectivity index (χ1n) is 9.89. The molecule has 0 saturated heterocycles. The Hall–Kier alpha value is -2.37. The second-order valence-corrected chi connectivity index (χ2v) is 8.02. The zero-order valence-corrected chi connectivity index (χ0v) is 18.0. The highest BCUT2D eigenvalue weighted by atomic mass is 35.5. The lowest BCUT2D eigenvalue weighted by molar-refractivity contribution is -0.117. The third-order valence-electron chi connectivity index (χ3n) is 5.37. The van der Waals surface area contributed by atoms with Crippen LogP contribution in [0.15, 0.2) is 48.5 Å². The zero-order valence-electron chi connectivity index (χ0n) is 17.1. The molecule has 6 heteroatoms. The van der Waals surface area contributed by atoms with Crippen LogP contribution in [0.3, 0.4) is 0 Å². The SMILES string of the molecule is CC(C)c1ccc(C(N)CNC(=O)c2ccc(NC(=O)C3CC3C)cc2)cc1.Cl. The number of hydrogen-bond acceptors (Lipinski definition) is 3. The van der Waals surface area contributed by atoms with E-state index in [1.807, 2.05) is 12.1 Å². The Balaban J connectivity index is 0.00000300. The van der Waals surface area contributed by atoms with E-state index in [0.29, 0.717) is 29.6 Å². The quantitative estimate of drug-likeness (QED) is 0.631. The van der Waals surface area contributed by atoms with Gasteiger partial charge in [0.15, 0.2) is 0 Å². The predicted molar refractivity (Wildman–Crippen MR) is 119 cm³/mol. The van der Waals surface area contributed by atoms with E-state index in [0.717, 1.165) is 12.0 Å². The molecule has 1 aliphatic rings. The summed E-state index contributed by atoms with van der Waals surface area (Å²) in [7, 11) is 0. The summed E-state index contributed by atoms with van der Waals surface area (Å²) < 4.78 is 0. The maximum atomic E-state index is 12.4. The molecular weight excluding hydrogens is 386 g/mol. The van der Waals surface area contributed by atoms with Crippen LogP contribution in [0.1, 0.15) is 60.6 Å². The Morgan fingerprint density at radius 2 is 1.59 bits per heavy atom. The number of benzene rings is 2. The van der Waals surface area contributed by atoms with Gasteiger partial charge in [-0.05, 0) is 53.6 Å². The van der Waals surface area contributed by atoms with E-state index in [2.05, 4.69) is 43.5 Å². The molecule has 0 aromatic heterocycles. The van der Waals surface area contributed by atoms with Gasteiger partial charge in [-0.15, -0.1) is 12.4 Å². The van der Waals surface area contributed by atoms with Gasteiger partial charge in [-0.2, -0.15) is 0 Å². The molecule has 1 aliphatic carbocycles. The summed E-state index contributed by atoms with van der Waals surface area (Å²) in [5.41, 5.74) is 9.73. The third kappa shape index (κ3) is 6.05. The standard InChI is InChI=1S/C23H29N3O2.ClH/c1-14(2)16-4-6-17(7-5-16)21(24)13-25-22(27)18-8-10-19(11-9-18)26-23(28)20-12-15(20)3;/h4-11,14-15,20-21H,12-13,24H2,1-3H3,(H,25,27)(H,26,28);1H. The molecule has 0 radical (unpaired) electrons. The maximum absolute atomic E-state index is 12.4. The van der Waals surface area contributed by atoms with E-state index in [4.69, 9.17) is 5.73 Å². The van der Waals surface area contributed by atoms with Gasteiger partial charge in [0.25, 0.3) is 5.91 Å². The minimum Gasteiger partial charge on any atom is -0.350 e. The van der Waals surface area contributed by atoms with Gasteiger partial charge in [0.05, 0.1) is 0 Å². The van der Waals surface area contributed by atoms with Crippen molar-refractivity contribution >= 4 is 29.9 Å². The summed E-state index contributed by atoms with van der Waals surface area (Å²) in [6, 6.07) is 14.9. The van der Waals surface area contributed by atoms with Crippen molar-refractivity contribution in [2.75, 3.05) is 11.9 Å². The first kappa shape index (κ1) is 22.9. The lowest BCUT2D eigenvalue weighted by Gasteiger charge is -2.15. The van der Waals surface area contributed by atoms with E-state index in [1.54, 1.807) is 24.3 Å². The number of rotatable bonds is 7. The van der Waals surface area contributed by atoms with Crippen LogP contribution in [0.5, 0.6) is 0 Å². The van der Waals surface area contributed by atoms with Crippen molar-refractivity contribution in [3.05, 3.63) is 65.2 Å². The van der Waals surface area contributed by atoms with Crippen LogP contribution >= 0.6 is 12.4 Å². The van der Waals surface area contributed by atoms with Crippen LogP contribution in [-0.2, 0) is 4.79 Å². The maximum Gasteiger partial charge on any atom is 0.251 e. The van der Waals surface area contributed by atoms with Gasteiger partial charge in [-0.25, -0.2) is 0 Å².